The highest BCUT2D eigenvalue weighted by Crippen LogP contribution is 2.10. The molecule has 2 heteroatoms. The topological polar surface area (TPSA) is 24.1 Å². The third-order valence-corrected chi connectivity index (χ3v) is 3.42. The molecule has 2 nitrogen and oxygen atoms in total. The Morgan fingerprint density at radius 2 is 2.06 bits per heavy atom. The van der Waals surface area contributed by atoms with E-state index in [1.807, 2.05) is 0 Å². The highest BCUT2D eigenvalue weighted by Gasteiger charge is 2.18. The van der Waals surface area contributed by atoms with Gasteiger partial charge in [0.05, 0.1) is 0 Å². The van der Waals surface area contributed by atoms with Crippen LogP contribution >= 0.6 is 0 Å². The molecular weight excluding hydrogens is 196 g/mol. The minimum Gasteiger partial charge on any atom is -0.313 e. The lowest BCUT2D eigenvalue weighted by atomic mass is 10.1. The van der Waals surface area contributed by atoms with Crippen LogP contribution in [0.4, 0.5) is 0 Å². The van der Waals surface area contributed by atoms with E-state index >= 15 is 0 Å². The van der Waals surface area contributed by atoms with Crippen LogP contribution in [-0.4, -0.2) is 18.6 Å². The Kier molecular flexibility index (Phi) is 4.37. The van der Waals surface area contributed by atoms with Crippen LogP contribution in [0.25, 0.3) is 0 Å². The Hall–Kier alpha value is -0.860. The second-order valence-corrected chi connectivity index (χ2v) is 4.71. The molecule has 0 amide bonds. The number of benzene rings is 1. The summed E-state index contributed by atoms with van der Waals surface area (Å²) in [6, 6.07) is 11.8. The van der Waals surface area contributed by atoms with Crippen molar-refractivity contribution in [1.29, 1.82) is 0 Å². The molecule has 1 fully saturated rings. The summed E-state index contributed by atoms with van der Waals surface area (Å²) in [5.74, 6) is 0. The van der Waals surface area contributed by atoms with Crippen LogP contribution in [0.3, 0.4) is 0 Å². The zero-order valence-electron chi connectivity index (χ0n) is 10.1. The second kappa shape index (κ2) is 6.02. The molecule has 1 aromatic carbocycles. The molecule has 2 atom stereocenters. The van der Waals surface area contributed by atoms with E-state index < -0.39 is 0 Å². The maximum atomic E-state index is 3.67. The van der Waals surface area contributed by atoms with E-state index in [1.165, 1.54) is 31.4 Å². The number of hydrogen-bond acceptors (Lipinski definition) is 2. The van der Waals surface area contributed by atoms with Crippen LogP contribution in [0.5, 0.6) is 0 Å². The second-order valence-electron chi connectivity index (χ2n) is 4.71. The van der Waals surface area contributed by atoms with Crippen molar-refractivity contribution in [2.24, 2.45) is 0 Å². The van der Waals surface area contributed by atoms with Gasteiger partial charge in [0.1, 0.15) is 0 Å². The molecular formula is C14H22N2. The average Bonchev–Trinajstić information content (AvgIpc) is 2.53. The van der Waals surface area contributed by atoms with Crippen molar-refractivity contribution >= 4 is 0 Å². The Morgan fingerprint density at radius 1 is 1.25 bits per heavy atom. The molecule has 1 heterocycles. The van der Waals surface area contributed by atoms with Gasteiger partial charge in [0, 0.05) is 18.6 Å². The lowest BCUT2D eigenvalue weighted by Crippen LogP contribution is -2.44. The number of rotatable bonds is 3. The van der Waals surface area contributed by atoms with Crippen LogP contribution < -0.4 is 10.6 Å². The van der Waals surface area contributed by atoms with Gasteiger partial charge in [0.2, 0.25) is 0 Å². The van der Waals surface area contributed by atoms with Gasteiger partial charge in [-0.05, 0) is 31.9 Å². The van der Waals surface area contributed by atoms with Gasteiger partial charge in [0.15, 0.2) is 0 Å². The molecule has 2 N–H and O–H groups in total. The van der Waals surface area contributed by atoms with Crippen LogP contribution in [0, 0.1) is 0 Å². The lowest BCUT2D eigenvalue weighted by molar-refractivity contribution is 0.395. The fourth-order valence-corrected chi connectivity index (χ4v) is 2.33. The summed E-state index contributed by atoms with van der Waals surface area (Å²) in [4.78, 5) is 0. The van der Waals surface area contributed by atoms with Gasteiger partial charge in [-0.3, -0.25) is 0 Å². The van der Waals surface area contributed by atoms with Crippen molar-refractivity contribution in [1.82, 2.24) is 10.6 Å². The van der Waals surface area contributed by atoms with Gasteiger partial charge in [-0.25, -0.2) is 0 Å². The SMILES string of the molecule is C[C@H]1NCCCC[C@H]1NCc1ccccc1. The van der Waals surface area contributed by atoms with Gasteiger partial charge in [-0.15, -0.1) is 0 Å². The molecule has 2 rings (SSSR count). The fourth-order valence-electron chi connectivity index (χ4n) is 2.33. The van der Waals surface area contributed by atoms with Crippen LogP contribution in [0.2, 0.25) is 0 Å². The van der Waals surface area contributed by atoms with E-state index in [2.05, 4.69) is 47.9 Å². The summed E-state index contributed by atoms with van der Waals surface area (Å²) in [5, 5.41) is 7.23. The molecule has 0 aliphatic carbocycles. The summed E-state index contributed by atoms with van der Waals surface area (Å²) < 4.78 is 0. The van der Waals surface area contributed by atoms with Crippen molar-refractivity contribution in [2.75, 3.05) is 6.54 Å². The van der Waals surface area contributed by atoms with Gasteiger partial charge in [-0.2, -0.15) is 0 Å². The van der Waals surface area contributed by atoms with Crippen LogP contribution in [0.1, 0.15) is 31.7 Å². The Morgan fingerprint density at radius 3 is 2.88 bits per heavy atom. The molecule has 16 heavy (non-hydrogen) atoms. The molecule has 1 aromatic rings. The highest BCUT2D eigenvalue weighted by atomic mass is 15.0. The van der Waals surface area contributed by atoms with Crippen molar-refractivity contribution < 1.29 is 0 Å². The monoisotopic (exact) mass is 218 g/mol. The predicted molar refractivity (Wildman–Crippen MR) is 68.4 cm³/mol. The Labute approximate surface area is 98.4 Å². The summed E-state index contributed by atoms with van der Waals surface area (Å²) >= 11 is 0. The van der Waals surface area contributed by atoms with E-state index in [4.69, 9.17) is 0 Å². The molecule has 0 unspecified atom stereocenters. The summed E-state index contributed by atoms with van der Waals surface area (Å²) in [6.07, 6.45) is 3.94. The first-order chi connectivity index (χ1) is 7.86. The van der Waals surface area contributed by atoms with Crippen molar-refractivity contribution in [2.45, 2.75) is 44.8 Å². The Balaban J connectivity index is 1.84. The van der Waals surface area contributed by atoms with Crippen molar-refractivity contribution in [3.05, 3.63) is 35.9 Å². The minimum atomic E-state index is 0.589. The van der Waals surface area contributed by atoms with Crippen molar-refractivity contribution in [3.8, 4) is 0 Å². The van der Waals surface area contributed by atoms with E-state index in [1.54, 1.807) is 0 Å². The largest absolute Gasteiger partial charge is 0.313 e. The van der Waals surface area contributed by atoms with E-state index in [0.717, 1.165) is 6.54 Å². The molecule has 1 aliphatic rings. The first kappa shape index (κ1) is 11.6. The molecule has 0 aromatic heterocycles. The summed E-state index contributed by atoms with van der Waals surface area (Å²) in [6.45, 7) is 4.44. The molecule has 1 aliphatic heterocycles. The van der Waals surface area contributed by atoms with E-state index in [9.17, 15) is 0 Å². The zero-order valence-corrected chi connectivity index (χ0v) is 10.1. The maximum absolute atomic E-state index is 3.67. The van der Waals surface area contributed by atoms with E-state index in [-0.39, 0.29) is 0 Å². The quantitative estimate of drug-likeness (QED) is 0.813. The normalized spacial score (nSPS) is 26.3. The summed E-state index contributed by atoms with van der Waals surface area (Å²) in [5.41, 5.74) is 1.37. The maximum Gasteiger partial charge on any atom is 0.0221 e. The molecule has 88 valence electrons. The van der Waals surface area contributed by atoms with Crippen molar-refractivity contribution in [3.63, 3.8) is 0 Å². The van der Waals surface area contributed by atoms with Gasteiger partial charge < -0.3 is 10.6 Å². The third kappa shape index (κ3) is 3.32. The smallest absolute Gasteiger partial charge is 0.0221 e. The lowest BCUT2D eigenvalue weighted by Gasteiger charge is -2.23. The fraction of sp³-hybridized carbons (Fsp3) is 0.571. The van der Waals surface area contributed by atoms with Gasteiger partial charge in [0.25, 0.3) is 0 Å². The van der Waals surface area contributed by atoms with Gasteiger partial charge >= 0.3 is 0 Å². The highest BCUT2D eigenvalue weighted by molar-refractivity contribution is 5.14. The van der Waals surface area contributed by atoms with Crippen LogP contribution in [-0.2, 0) is 6.54 Å². The first-order valence-electron chi connectivity index (χ1n) is 6.37. The summed E-state index contributed by atoms with van der Waals surface area (Å²) in [7, 11) is 0. The van der Waals surface area contributed by atoms with Gasteiger partial charge in [-0.1, -0.05) is 36.8 Å². The third-order valence-electron chi connectivity index (χ3n) is 3.42. The standard InChI is InChI=1S/C14H22N2/c1-12-14(9-5-6-10-15-12)16-11-13-7-3-2-4-8-13/h2-4,7-8,12,14-16H,5-6,9-11H2,1H3/t12-,14-/m1/s1. The minimum absolute atomic E-state index is 0.589. The first-order valence-corrected chi connectivity index (χ1v) is 6.37. The zero-order chi connectivity index (χ0) is 11.2. The average molecular weight is 218 g/mol. The molecule has 0 bridgehead atoms. The van der Waals surface area contributed by atoms with E-state index in [0.29, 0.717) is 12.1 Å². The Bertz CT molecular complexity index is 297. The predicted octanol–water partition coefficient (Wildman–Crippen LogP) is 2.31. The molecule has 0 radical (unpaired) electrons. The molecule has 0 saturated carbocycles. The van der Waals surface area contributed by atoms with Crippen LogP contribution in [0.15, 0.2) is 30.3 Å². The molecule has 0 spiro atoms. The number of hydrogen-bond donors (Lipinski definition) is 2. The molecule has 1 saturated heterocycles. The number of nitrogens with one attached hydrogen (secondary N) is 2.